The summed E-state index contributed by atoms with van der Waals surface area (Å²) in [5.74, 6) is -0.349. The van der Waals surface area contributed by atoms with Gasteiger partial charge in [-0.15, -0.1) is 0 Å². The Morgan fingerprint density at radius 3 is 1.70 bits per heavy atom. The molecule has 0 saturated carbocycles. The van der Waals surface area contributed by atoms with Crippen LogP contribution in [0.3, 0.4) is 0 Å². The number of aliphatic hydroxyl groups is 2. The minimum atomic E-state index is -4.53. The van der Waals surface area contributed by atoms with E-state index in [2.05, 4.69) is 5.16 Å². The average Bonchev–Trinajstić information content (AvgIpc) is 2.98. The van der Waals surface area contributed by atoms with Crippen LogP contribution in [0.2, 0.25) is 0 Å². The van der Waals surface area contributed by atoms with Crippen molar-refractivity contribution in [2.24, 2.45) is 5.16 Å². The minimum Gasteiger partial charge on any atom is -0.392 e. The van der Waals surface area contributed by atoms with Crippen LogP contribution in [0.5, 0.6) is 0 Å². The Kier molecular flexibility index (Phi) is 9.40. The summed E-state index contributed by atoms with van der Waals surface area (Å²) in [5.41, 5.74) is 4.44. The molecule has 2 unspecified atom stereocenters. The molecule has 7 heteroatoms. The van der Waals surface area contributed by atoms with E-state index >= 15 is 0 Å². The van der Waals surface area contributed by atoms with Crippen molar-refractivity contribution >= 4 is 5.71 Å². The number of benzene rings is 4. The molecule has 40 heavy (non-hydrogen) atoms. The zero-order chi connectivity index (χ0) is 28.7. The first-order chi connectivity index (χ1) is 19.2. The van der Waals surface area contributed by atoms with E-state index in [1.807, 2.05) is 62.4 Å². The first-order valence-corrected chi connectivity index (χ1v) is 13.1. The molecule has 0 fully saturated rings. The molecule has 4 nitrogen and oxygen atoms in total. The van der Waals surface area contributed by atoms with Gasteiger partial charge in [0.15, 0.2) is 0 Å². The van der Waals surface area contributed by atoms with Crippen molar-refractivity contribution in [2.45, 2.75) is 51.7 Å². The normalized spacial score (nSPS) is 13.0. The molecule has 2 N–H and O–H groups in total. The lowest BCUT2D eigenvalue weighted by molar-refractivity contribution is -0.137. The number of hydrogen-bond acceptors (Lipinski definition) is 4. The van der Waals surface area contributed by atoms with Gasteiger partial charge in [-0.1, -0.05) is 110 Å². The van der Waals surface area contributed by atoms with E-state index in [4.69, 9.17) is 4.84 Å². The number of alkyl halides is 3. The summed E-state index contributed by atoms with van der Waals surface area (Å²) in [6.07, 6.45) is -4.53. The molecule has 0 amide bonds. The first kappa shape index (κ1) is 29.1. The van der Waals surface area contributed by atoms with Gasteiger partial charge in [0.05, 0.1) is 24.5 Å². The van der Waals surface area contributed by atoms with Crippen molar-refractivity contribution in [1.29, 1.82) is 0 Å². The highest BCUT2D eigenvalue weighted by atomic mass is 19.4. The fourth-order valence-corrected chi connectivity index (χ4v) is 4.66. The second-order valence-electron chi connectivity index (χ2n) is 9.78. The summed E-state index contributed by atoms with van der Waals surface area (Å²) < 4.78 is 41.9. The summed E-state index contributed by atoms with van der Waals surface area (Å²) in [4.78, 5) is 5.71. The summed E-state index contributed by atoms with van der Waals surface area (Å²) in [7, 11) is 0. The molecule has 4 aromatic rings. The number of aliphatic hydroxyl groups excluding tert-OH is 2. The highest BCUT2D eigenvalue weighted by Crippen LogP contribution is 2.38. The molecule has 0 aliphatic rings. The summed E-state index contributed by atoms with van der Waals surface area (Å²) >= 11 is 0. The lowest BCUT2D eigenvalue weighted by Gasteiger charge is -2.22. The van der Waals surface area contributed by atoms with Crippen LogP contribution < -0.4 is 0 Å². The molecule has 0 radical (unpaired) electrons. The molecule has 4 rings (SSSR count). The van der Waals surface area contributed by atoms with E-state index < -0.39 is 11.7 Å². The Morgan fingerprint density at radius 2 is 1.23 bits per heavy atom. The monoisotopic (exact) mass is 547 g/mol. The first-order valence-electron chi connectivity index (χ1n) is 13.1. The maximum Gasteiger partial charge on any atom is 0.417 e. The van der Waals surface area contributed by atoms with Gasteiger partial charge in [-0.2, -0.15) is 13.2 Å². The van der Waals surface area contributed by atoms with Crippen LogP contribution in [0.4, 0.5) is 13.2 Å². The van der Waals surface area contributed by atoms with E-state index in [0.29, 0.717) is 16.8 Å². The van der Waals surface area contributed by atoms with E-state index in [0.717, 1.165) is 28.3 Å². The summed E-state index contributed by atoms with van der Waals surface area (Å²) in [6, 6.07) is 27.8. The highest BCUT2D eigenvalue weighted by Gasteiger charge is 2.34. The van der Waals surface area contributed by atoms with Crippen LogP contribution in [0.15, 0.2) is 102 Å². The molecular weight excluding hydrogens is 515 g/mol. The molecule has 0 spiro atoms. The Labute approximate surface area is 232 Å². The molecule has 0 aliphatic carbocycles. The third-order valence-corrected chi connectivity index (χ3v) is 7.09. The molecule has 0 aliphatic heterocycles. The van der Waals surface area contributed by atoms with Crippen LogP contribution in [0.1, 0.15) is 59.1 Å². The minimum absolute atomic E-state index is 0.0602. The number of hydrogen-bond donors (Lipinski definition) is 2. The van der Waals surface area contributed by atoms with Crippen LogP contribution in [0.25, 0.3) is 11.1 Å². The zero-order valence-electron chi connectivity index (χ0n) is 22.4. The van der Waals surface area contributed by atoms with Crippen LogP contribution in [-0.4, -0.2) is 15.9 Å². The predicted octanol–water partition coefficient (Wildman–Crippen LogP) is 7.84. The van der Waals surface area contributed by atoms with Gasteiger partial charge in [0.25, 0.3) is 0 Å². The smallest absolute Gasteiger partial charge is 0.392 e. The molecule has 0 saturated heterocycles. The van der Waals surface area contributed by atoms with Gasteiger partial charge < -0.3 is 15.1 Å². The third kappa shape index (κ3) is 6.97. The molecule has 208 valence electrons. The van der Waals surface area contributed by atoms with Crippen LogP contribution >= 0.6 is 0 Å². The van der Waals surface area contributed by atoms with Crippen molar-refractivity contribution < 1.29 is 28.2 Å². The number of oxime groups is 1. The molecule has 0 bridgehead atoms. The molecule has 2 atom stereocenters. The van der Waals surface area contributed by atoms with Gasteiger partial charge in [0, 0.05) is 11.8 Å². The fraction of sp³-hybridized carbons (Fsp3) is 0.242. The molecule has 0 aromatic heterocycles. The van der Waals surface area contributed by atoms with Gasteiger partial charge in [0.1, 0.15) is 6.61 Å². The molecule has 0 heterocycles. The molecule has 4 aromatic carbocycles. The van der Waals surface area contributed by atoms with Crippen molar-refractivity contribution in [3.63, 3.8) is 0 Å². The number of nitrogens with zero attached hydrogens (tertiary/aromatic N) is 1. The maximum absolute atomic E-state index is 14.0. The Morgan fingerprint density at radius 1 is 0.725 bits per heavy atom. The van der Waals surface area contributed by atoms with Crippen molar-refractivity contribution in [1.82, 2.24) is 0 Å². The zero-order valence-corrected chi connectivity index (χ0v) is 22.4. The Balaban J connectivity index is 1.63. The largest absolute Gasteiger partial charge is 0.417 e. The maximum atomic E-state index is 14.0. The van der Waals surface area contributed by atoms with Crippen molar-refractivity contribution in [2.75, 3.05) is 0 Å². The third-order valence-electron chi connectivity index (χ3n) is 7.09. The predicted molar refractivity (Wildman–Crippen MR) is 151 cm³/mol. The van der Waals surface area contributed by atoms with Gasteiger partial charge >= 0.3 is 6.18 Å². The lowest BCUT2D eigenvalue weighted by Crippen LogP contribution is -2.18. The fourth-order valence-electron chi connectivity index (χ4n) is 4.66. The van der Waals surface area contributed by atoms with Gasteiger partial charge in [-0.05, 0) is 45.0 Å². The molecular formula is C33H32F3NO3. The van der Waals surface area contributed by atoms with E-state index in [1.54, 1.807) is 36.4 Å². The quantitative estimate of drug-likeness (QED) is 0.157. The highest BCUT2D eigenvalue weighted by molar-refractivity contribution is 5.95. The van der Waals surface area contributed by atoms with Gasteiger partial charge in [0.2, 0.25) is 0 Å². The van der Waals surface area contributed by atoms with Crippen molar-refractivity contribution in [3.05, 3.63) is 130 Å². The summed E-state index contributed by atoms with van der Waals surface area (Å²) in [5, 5.41) is 23.3. The second-order valence-corrected chi connectivity index (χ2v) is 9.78. The Hall–Kier alpha value is -3.94. The van der Waals surface area contributed by atoms with E-state index in [1.165, 1.54) is 6.07 Å². The number of rotatable bonds is 10. The van der Waals surface area contributed by atoms with Crippen LogP contribution in [0, 0.1) is 0 Å². The van der Waals surface area contributed by atoms with Gasteiger partial charge in [-0.25, -0.2) is 0 Å². The Bertz CT molecular complexity index is 1360. The van der Waals surface area contributed by atoms with Gasteiger partial charge in [-0.3, -0.25) is 0 Å². The standard InChI is InChI=1S/C33H32F3NO3/c1-22(27-13-8-24(19-38)9-14-27)32(23(2)28-15-10-25(20-39)11-16-28)37-40-21-26-12-17-30(29-6-4-3-5-7-29)31(18-26)33(34,35)36/h3-18,22-23,38-39H,19-21H2,1-2H3. The second kappa shape index (κ2) is 12.9. The average molecular weight is 548 g/mol. The topological polar surface area (TPSA) is 62.0 Å². The van der Waals surface area contributed by atoms with E-state index in [-0.39, 0.29) is 37.2 Å². The van der Waals surface area contributed by atoms with Crippen molar-refractivity contribution in [3.8, 4) is 11.1 Å². The number of halogens is 3. The van der Waals surface area contributed by atoms with Crippen LogP contribution in [-0.2, 0) is 30.8 Å². The SMILES string of the molecule is CC(C(=NOCc1ccc(-c2ccccc2)c(C(F)(F)F)c1)C(C)c1ccc(CO)cc1)c1ccc(CO)cc1. The van der Waals surface area contributed by atoms with E-state index in [9.17, 15) is 23.4 Å². The lowest BCUT2D eigenvalue weighted by atomic mass is 9.84. The summed E-state index contributed by atoms with van der Waals surface area (Å²) in [6.45, 7) is 3.73.